The Morgan fingerprint density at radius 1 is 0.947 bits per heavy atom. The van der Waals surface area contributed by atoms with Crippen LogP contribution in [0.4, 0.5) is 13.2 Å². The van der Waals surface area contributed by atoms with Crippen molar-refractivity contribution in [1.29, 1.82) is 0 Å². The highest BCUT2D eigenvalue weighted by molar-refractivity contribution is 6.02. The zero-order valence-electron chi connectivity index (χ0n) is 10.00. The van der Waals surface area contributed by atoms with Gasteiger partial charge in [0.25, 0.3) is 0 Å². The summed E-state index contributed by atoms with van der Waals surface area (Å²) in [7, 11) is 2.87. The summed E-state index contributed by atoms with van der Waals surface area (Å²) in [6, 6.07) is 0. The van der Waals surface area contributed by atoms with Crippen LogP contribution in [0.25, 0.3) is 0 Å². The van der Waals surface area contributed by atoms with Crippen LogP contribution in [-0.4, -0.2) is 41.1 Å². The molecule has 0 atom stereocenters. The molecule has 0 heterocycles. The average molecular weight is 277 g/mol. The Bertz CT molecular complexity index is 558. The lowest BCUT2D eigenvalue weighted by Crippen LogP contribution is -2.21. The molecule has 0 unspecified atom stereocenters. The van der Waals surface area contributed by atoms with E-state index in [1.54, 1.807) is 0 Å². The first-order chi connectivity index (χ1) is 8.68. The van der Waals surface area contributed by atoms with Gasteiger partial charge >= 0.3 is 11.9 Å². The summed E-state index contributed by atoms with van der Waals surface area (Å²) in [5, 5.41) is 17.4. The van der Waals surface area contributed by atoms with E-state index in [4.69, 9.17) is 10.2 Å². The Morgan fingerprint density at radius 3 is 1.74 bits per heavy atom. The van der Waals surface area contributed by atoms with E-state index in [2.05, 4.69) is 0 Å². The number of hydrogen-bond donors (Lipinski definition) is 2. The molecule has 19 heavy (non-hydrogen) atoms. The van der Waals surface area contributed by atoms with Crippen LogP contribution in [0, 0.1) is 17.5 Å². The predicted octanol–water partition coefficient (Wildman–Crippen LogP) is 1.56. The number of nitrogens with zero attached hydrogens (tertiary/aromatic N) is 1. The number of benzene rings is 1. The quantitative estimate of drug-likeness (QED) is 0.817. The number of carboxylic acids is 2. The van der Waals surface area contributed by atoms with E-state index in [-0.39, 0.29) is 0 Å². The van der Waals surface area contributed by atoms with Crippen LogP contribution in [-0.2, 0) is 6.54 Å². The van der Waals surface area contributed by atoms with Crippen molar-refractivity contribution in [2.24, 2.45) is 0 Å². The topological polar surface area (TPSA) is 77.8 Å². The molecule has 0 aromatic heterocycles. The second kappa shape index (κ2) is 5.27. The van der Waals surface area contributed by atoms with Gasteiger partial charge in [-0.05, 0) is 14.1 Å². The third kappa shape index (κ3) is 2.68. The van der Waals surface area contributed by atoms with E-state index < -0.39 is 52.6 Å². The summed E-state index contributed by atoms with van der Waals surface area (Å²) in [6.07, 6.45) is 0. The highest BCUT2D eigenvalue weighted by Gasteiger charge is 2.32. The lowest BCUT2D eigenvalue weighted by molar-refractivity contribution is 0.0640. The number of hydrogen-bond acceptors (Lipinski definition) is 3. The number of carboxylic acid groups (broad SMARTS) is 2. The van der Waals surface area contributed by atoms with E-state index in [1.165, 1.54) is 19.0 Å². The lowest BCUT2D eigenvalue weighted by Gasteiger charge is -2.15. The van der Waals surface area contributed by atoms with Crippen molar-refractivity contribution in [3.63, 3.8) is 0 Å². The van der Waals surface area contributed by atoms with Gasteiger partial charge in [0.15, 0.2) is 11.6 Å². The molecule has 8 heteroatoms. The van der Waals surface area contributed by atoms with Crippen LogP contribution in [0.5, 0.6) is 0 Å². The lowest BCUT2D eigenvalue weighted by atomic mass is 10.0. The van der Waals surface area contributed by atoms with Gasteiger partial charge in [-0.25, -0.2) is 22.8 Å². The SMILES string of the molecule is CN(C)Cc1c(F)c(F)c(C(=O)O)c(C(=O)O)c1F. The van der Waals surface area contributed by atoms with Crippen LogP contribution < -0.4 is 0 Å². The maximum absolute atomic E-state index is 13.9. The van der Waals surface area contributed by atoms with Crippen LogP contribution in [0.1, 0.15) is 26.3 Å². The summed E-state index contributed by atoms with van der Waals surface area (Å²) in [4.78, 5) is 22.9. The highest BCUT2D eigenvalue weighted by atomic mass is 19.2. The monoisotopic (exact) mass is 277 g/mol. The van der Waals surface area contributed by atoms with Crippen LogP contribution >= 0.6 is 0 Å². The van der Waals surface area contributed by atoms with E-state index in [9.17, 15) is 22.8 Å². The first kappa shape index (κ1) is 15.0. The molecule has 0 aliphatic carbocycles. The third-order valence-electron chi connectivity index (χ3n) is 2.31. The molecular weight excluding hydrogens is 267 g/mol. The van der Waals surface area contributed by atoms with Gasteiger partial charge in [0.2, 0.25) is 0 Å². The normalized spacial score (nSPS) is 10.8. The van der Waals surface area contributed by atoms with Crippen LogP contribution in [0.3, 0.4) is 0 Å². The molecule has 0 radical (unpaired) electrons. The molecular formula is C11H10F3NO4. The molecule has 0 amide bonds. The largest absolute Gasteiger partial charge is 0.478 e. The molecule has 1 aromatic rings. The van der Waals surface area contributed by atoms with E-state index in [0.717, 1.165) is 0 Å². The van der Waals surface area contributed by atoms with Crippen molar-refractivity contribution in [2.75, 3.05) is 14.1 Å². The van der Waals surface area contributed by atoms with Crippen molar-refractivity contribution in [3.05, 3.63) is 34.1 Å². The second-order valence-corrected chi connectivity index (χ2v) is 4.02. The summed E-state index contributed by atoms with van der Waals surface area (Å²) in [5.74, 6) is -9.20. The van der Waals surface area contributed by atoms with Crippen molar-refractivity contribution < 1.29 is 33.0 Å². The summed E-state index contributed by atoms with van der Waals surface area (Å²) in [6.45, 7) is -0.408. The Labute approximate surface area is 105 Å². The second-order valence-electron chi connectivity index (χ2n) is 4.02. The van der Waals surface area contributed by atoms with Gasteiger partial charge in [-0.1, -0.05) is 0 Å². The van der Waals surface area contributed by atoms with E-state index in [1.807, 2.05) is 0 Å². The highest BCUT2D eigenvalue weighted by Crippen LogP contribution is 2.26. The minimum absolute atomic E-state index is 0.408. The first-order valence-electron chi connectivity index (χ1n) is 4.99. The first-order valence-corrected chi connectivity index (χ1v) is 4.99. The maximum atomic E-state index is 13.9. The minimum Gasteiger partial charge on any atom is -0.478 e. The van der Waals surface area contributed by atoms with E-state index >= 15 is 0 Å². The van der Waals surface area contributed by atoms with Gasteiger partial charge in [0, 0.05) is 12.1 Å². The minimum atomic E-state index is -2.05. The van der Waals surface area contributed by atoms with Gasteiger partial charge in [-0.15, -0.1) is 0 Å². The van der Waals surface area contributed by atoms with Crippen LogP contribution in [0.2, 0.25) is 0 Å². The number of rotatable bonds is 4. The Morgan fingerprint density at radius 2 is 1.37 bits per heavy atom. The molecule has 0 fully saturated rings. The molecule has 0 bridgehead atoms. The van der Waals surface area contributed by atoms with Gasteiger partial charge in [-0.2, -0.15) is 0 Å². The number of halogens is 3. The van der Waals surface area contributed by atoms with Gasteiger partial charge in [0.05, 0.1) is 0 Å². The van der Waals surface area contributed by atoms with Crippen molar-refractivity contribution in [2.45, 2.75) is 6.54 Å². The molecule has 0 spiro atoms. The van der Waals surface area contributed by atoms with Crippen LogP contribution in [0.15, 0.2) is 0 Å². The van der Waals surface area contributed by atoms with Crippen molar-refractivity contribution in [1.82, 2.24) is 4.90 Å². The Balaban J connectivity index is 3.73. The molecule has 0 aliphatic rings. The van der Waals surface area contributed by atoms with Crippen molar-refractivity contribution >= 4 is 11.9 Å². The third-order valence-corrected chi connectivity index (χ3v) is 2.31. The molecule has 1 rings (SSSR count). The number of carbonyl (C=O) groups is 2. The van der Waals surface area contributed by atoms with E-state index in [0.29, 0.717) is 0 Å². The summed E-state index contributed by atoms with van der Waals surface area (Å²) >= 11 is 0. The molecule has 5 nitrogen and oxygen atoms in total. The molecule has 0 saturated heterocycles. The molecule has 0 aliphatic heterocycles. The standard InChI is InChI=1S/C11H10F3NO4/c1-15(2)3-4-7(12)5(10(16)17)6(11(18)19)9(14)8(4)13/h3H2,1-2H3,(H,16,17)(H,18,19). The molecule has 2 N–H and O–H groups in total. The zero-order chi connectivity index (χ0) is 14.9. The zero-order valence-corrected chi connectivity index (χ0v) is 10.00. The molecule has 1 aromatic carbocycles. The Kier molecular flexibility index (Phi) is 4.15. The van der Waals surface area contributed by atoms with Gasteiger partial charge in [-0.3, -0.25) is 0 Å². The number of aromatic carboxylic acids is 2. The fourth-order valence-electron chi connectivity index (χ4n) is 1.57. The summed E-state index contributed by atoms with van der Waals surface area (Å²) in [5.41, 5.74) is -3.74. The smallest absolute Gasteiger partial charge is 0.339 e. The molecule has 104 valence electrons. The summed E-state index contributed by atoms with van der Waals surface area (Å²) < 4.78 is 41.0. The van der Waals surface area contributed by atoms with Gasteiger partial charge in [0.1, 0.15) is 16.9 Å². The average Bonchev–Trinajstić information content (AvgIpc) is 2.27. The molecule has 0 saturated carbocycles. The maximum Gasteiger partial charge on any atom is 0.339 e. The van der Waals surface area contributed by atoms with Crippen molar-refractivity contribution in [3.8, 4) is 0 Å². The predicted molar refractivity (Wildman–Crippen MR) is 57.6 cm³/mol. The van der Waals surface area contributed by atoms with Gasteiger partial charge < -0.3 is 15.1 Å². The Hall–Kier alpha value is -2.09. The fourth-order valence-corrected chi connectivity index (χ4v) is 1.57. The fraction of sp³-hybridized carbons (Fsp3) is 0.273.